The average molecular weight is 404 g/mol. The van der Waals surface area contributed by atoms with Gasteiger partial charge in [-0.2, -0.15) is 5.10 Å². The molecule has 0 spiro atoms. The zero-order chi connectivity index (χ0) is 21.0. The molecule has 0 atom stereocenters. The molecule has 1 N–H and O–H groups in total. The Bertz CT molecular complexity index is 950. The third-order valence-corrected chi connectivity index (χ3v) is 4.32. The third kappa shape index (κ3) is 5.00. The van der Waals surface area contributed by atoms with Gasteiger partial charge in [0, 0.05) is 6.42 Å². The van der Waals surface area contributed by atoms with Crippen molar-refractivity contribution >= 4 is 23.2 Å². The van der Waals surface area contributed by atoms with Gasteiger partial charge in [0.1, 0.15) is 0 Å². The zero-order valence-electron chi connectivity index (χ0n) is 15.7. The van der Waals surface area contributed by atoms with E-state index < -0.39 is 29.0 Å². The van der Waals surface area contributed by atoms with Gasteiger partial charge in [0.05, 0.1) is 31.0 Å². The molecule has 0 bridgehead atoms. The van der Waals surface area contributed by atoms with Crippen LogP contribution >= 0.6 is 0 Å². The number of hydrogen-bond acceptors (Lipinski definition) is 4. The van der Waals surface area contributed by atoms with E-state index in [-0.39, 0.29) is 19.0 Å². The summed E-state index contributed by atoms with van der Waals surface area (Å²) >= 11 is 0. The fourth-order valence-electron chi connectivity index (χ4n) is 2.90. The van der Waals surface area contributed by atoms with E-state index in [2.05, 4.69) is 10.4 Å². The molecule has 0 unspecified atom stereocenters. The van der Waals surface area contributed by atoms with Crippen LogP contribution in [0.25, 0.3) is 0 Å². The standard InChI is InChI=1S/C20H19F3N4O2/c1-26(11-17(28)24-16-8-7-14(21)19(22)20(16)23)12-18(29)27-10-9-15(25-27)13-5-3-2-4-6-13/h2-8H,9-12H2,1H3,(H,24,28). The number of carbonyl (C=O) groups is 2. The molecule has 6 nitrogen and oxygen atoms in total. The number of likely N-dealkylation sites (N-methyl/N-ethyl adjacent to an activating group) is 1. The maximum absolute atomic E-state index is 13.6. The molecule has 0 radical (unpaired) electrons. The molecule has 0 saturated heterocycles. The van der Waals surface area contributed by atoms with Crippen LogP contribution in [-0.2, 0) is 9.59 Å². The zero-order valence-corrected chi connectivity index (χ0v) is 15.7. The Morgan fingerprint density at radius 3 is 2.52 bits per heavy atom. The van der Waals surface area contributed by atoms with E-state index in [4.69, 9.17) is 0 Å². The van der Waals surface area contributed by atoms with Crippen LogP contribution in [0.1, 0.15) is 12.0 Å². The van der Waals surface area contributed by atoms with Crippen molar-refractivity contribution in [3.05, 3.63) is 65.5 Å². The van der Waals surface area contributed by atoms with Crippen LogP contribution in [-0.4, -0.2) is 54.1 Å². The molecule has 1 heterocycles. The van der Waals surface area contributed by atoms with Crippen LogP contribution in [0.4, 0.5) is 18.9 Å². The van der Waals surface area contributed by atoms with Crippen molar-refractivity contribution in [3.8, 4) is 0 Å². The number of rotatable bonds is 6. The number of halogens is 3. The van der Waals surface area contributed by atoms with E-state index in [1.54, 1.807) is 0 Å². The van der Waals surface area contributed by atoms with Gasteiger partial charge >= 0.3 is 0 Å². The highest BCUT2D eigenvalue weighted by molar-refractivity contribution is 6.02. The van der Waals surface area contributed by atoms with Gasteiger partial charge in [0.2, 0.25) is 5.91 Å². The van der Waals surface area contributed by atoms with Crippen molar-refractivity contribution in [2.24, 2.45) is 5.10 Å². The highest BCUT2D eigenvalue weighted by Gasteiger charge is 2.23. The molecule has 29 heavy (non-hydrogen) atoms. The summed E-state index contributed by atoms with van der Waals surface area (Å²) in [6.07, 6.45) is 0.634. The Morgan fingerprint density at radius 1 is 1.07 bits per heavy atom. The molecule has 2 aromatic carbocycles. The maximum atomic E-state index is 13.6. The topological polar surface area (TPSA) is 65.0 Å². The second-order valence-electron chi connectivity index (χ2n) is 6.62. The predicted molar refractivity (Wildman–Crippen MR) is 102 cm³/mol. The lowest BCUT2D eigenvalue weighted by molar-refractivity contribution is -0.132. The first kappa shape index (κ1) is 20.5. The van der Waals surface area contributed by atoms with Gasteiger partial charge in [-0.05, 0) is 24.7 Å². The summed E-state index contributed by atoms with van der Waals surface area (Å²) < 4.78 is 39.8. The largest absolute Gasteiger partial charge is 0.322 e. The lowest BCUT2D eigenvalue weighted by Gasteiger charge is -2.18. The smallest absolute Gasteiger partial charge is 0.256 e. The van der Waals surface area contributed by atoms with Gasteiger partial charge in [0.25, 0.3) is 5.91 Å². The van der Waals surface area contributed by atoms with Crippen LogP contribution in [0.2, 0.25) is 0 Å². The number of hydrogen-bond donors (Lipinski definition) is 1. The Morgan fingerprint density at radius 2 is 1.79 bits per heavy atom. The summed E-state index contributed by atoms with van der Waals surface area (Å²) in [7, 11) is 1.54. The second kappa shape index (κ2) is 8.87. The van der Waals surface area contributed by atoms with Gasteiger partial charge in [0.15, 0.2) is 17.5 Å². The monoisotopic (exact) mass is 404 g/mol. The van der Waals surface area contributed by atoms with Crippen molar-refractivity contribution in [2.45, 2.75) is 6.42 Å². The van der Waals surface area contributed by atoms with Gasteiger partial charge in [-0.25, -0.2) is 18.2 Å². The molecule has 0 aliphatic carbocycles. The van der Waals surface area contributed by atoms with E-state index in [1.165, 1.54) is 17.0 Å². The Kier molecular flexibility index (Phi) is 6.28. The van der Waals surface area contributed by atoms with E-state index in [1.807, 2.05) is 30.3 Å². The number of anilines is 1. The van der Waals surface area contributed by atoms with Gasteiger partial charge in [-0.15, -0.1) is 0 Å². The molecule has 1 aliphatic rings. The van der Waals surface area contributed by atoms with E-state index in [0.717, 1.165) is 23.4 Å². The highest BCUT2D eigenvalue weighted by atomic mass is 19.2. The molecule has 1 aliphatic heterocycles. The molecule has 0 aromatic heterocycles. The maximum Gasteiger partial charge on any atom is 0.256 e. The van der Waals surface area contributed by atoms with Gasteiger partial charge in [-0.1, -0.05) is 30.3 Å². The van der Waals surface area contributed by atoms with Crippen molar-refractivity contribution in [1.29, 1.82) is 0 Å². The molecular formula is C20H19F3N4O2. The van der Waals surface area contributed by atoms with Crippen molar-refractivity contribution in [1.82, 2.24) is 9.91 Å². The summed E-state index contributed by atoms with van der Waals surface area (Å²) in [6, 6.07) is 11.2. The number of nitrogens with zero attached hydrogens (tertiary/aromatic N) is 3. The molecule has 9 heteroatoms. The number of carbonyl (C=O) groups excluding carboxylic acids is 2. The Balaban J connectivity index is 1.53. The minimum absolute atomic E-state index is 0.0841. The number of hydrazone groups is 1. The molecule has 3 rings (SSSR count). The first-order valence-electron chi connectivity index (χ1n) is 8.90. The van der Waals surface area contributed by atoms with Gasteiger partial charge < -0.3 is 5.32 Å². The summed E-state index contributed by atoms with van der Waals surface area (Å²) in [5.74, 6) is -5.43. The van der Waals surface area contributed by atoms with Crippen LogP contribution < -0.4 is 5.32 Å². The molecule has 0 saturated carbocycles. The van der Waals surface area contributed by atoms with E-state index in [9.17, 15) is 22.8 Å². The summed E-state index contributed by atoms with van der Waals surface area (Å²) in [6.45, 7) is 0.121. The van der Waals surface area contributed by atoms with E-state index in [0.29, 0.717) is 13.0 Å². The molecule has 152 valence electrons. The summed E-state index contributed by atoms with van der Waals surface area (Å²) in [4.78, 5) is 25.8. The van der Waals surface area contributed by atoms with E-state index >= 15 is 0 Å². The SMILES string of the molecule is CN(CC(=O)Nc1ccc(F)c(F)c1F)CC(=O)N1CCC(c2ccccc2)=N1. The fraction of sp³-hybridized carbons (Fsp3) is 0.250. The lowest BCUT2D eigenvalue weighted by Crippen LogP contribution is -2.38. The van der Waals surface area contributed by atoms with Crippen molar-refractivity contribution in [3.63, 3.8) is 0 Å². The van der Waals surface area contributed by atoms with Crippen LogP contribution in [0.3, 0.4) is 0 Å². The first-order chi connectivity index (χ1) is 13.8. The summed E-state index contributed by atoms with van der Waals surface area (Å²) in [5.41, 5.74) is 1.29. The number of nitrogens with one attached hydrogen (secondary N) is 1. The highest BCUT2D eigenvalue weighted by Crippen LogP contribution is 2.19. The Labute approximate surface area is 165 Å². The average Bonchev–Trinajstić information content (AvgIpc) is 3.19. The first-order valence-corrected chi connectivity index (χ1v) is 8.90. The fourth-order valence-corrected chi connectivity index (χ4v) is 2.90. The van der Waals surface area contributed by atoms with Crippen LogP contribution in [0.15, 0.2) is 47.6 Å². The van der Waals surface area contributed by atoms with Crippen molar-refractivity contribution < 1.29 is 22.8 Å². The molecule has 2 aromatic rings. The minimum Gasteiger partial charge on any atom is -0.322 e. The predicted octanol–water partition coefficient (Wildman–Crippen LogP) is 2.61. The number of benzene rings is 2. The second-order valence-corrected chi connectivity index (χ2v) is 6.62. The van der Waals surface area contributed by atoms with Crippen molar-refractivity contribution in [2.75, 3.05) is 32.0 Å². The lowest BCUT2D eigenvalue weighted by atomic mass is 10.1. The third-order valence-electron chi connectivity index (χ3n) is 4.32. The normalized spacial score (nSPS) is 13.6. The van der Waals surface area contributed by atoms with Crippen LogP contribution in [0, 0.1) is 17.5 Å². The Hall–Kier alpha value is -3.20. The molecular weight excluding hydrogens is 385 g/mol. The summed E-state index contributed by atoms with van der Waals surface area (Å²) in [5, 5.41) is 7.85. The van der Waals surface area contributed by atoms with Crippen LogP contribution in [0.5, 0.6) is 0 Å². The molecule has 2 amide bonds. The quantitative estimate of drug-likeness (QED) is 0.753. The minimum atomic E-state index is -1.66. The van der Waals surface area contributed by atoms with Gasteiger partial charge in [-0.3, -0.25) is 14.5 Å². The molecule has 0 fully saturated rings. The number of amides is 2.